The average molecular weight is 386 g/mol. The zero-order chi connectivity index (χ0) is 18.7. The van der Waals surface area contributed by atoms with Crippen LogP contribution in [0.2, 0.25) is 0 Å². The minimum absolute atomic E-state index is 0.0984. The molecule has 1 saturated carbocycles. The van der Waals surface area contributed by atoms with Gasteiger partial charge in [-0.1, -0.05) is 18.9 Å². The van der Waals surface area contributed by atoms with Crippen LogP contribution in [0.25, 0.3) is 0 Å². The third-order valence-electron chi connectivity index (χ3n) is 6.44. The maximum Gasteiger partial charge on any atom is 0.0900 e. The van der Waals surface area contributed by atoms with Gasteiger partial charge >= 0.3 is 0 Å². The molecule has 4 rings (SSSR count). The fraction of sp³-hybridized carbons (Fsp3) is 0.636. The van der Waals surface area contributed by atoms with Crippen molar-refractivity contribution in [1.82, 2.24) is 15.3 Å². The summed E-state index contributed by atoms with van der Waals surface area (Å²) in [7, 11) is 0. The lowest BCUT2D eigenvalue weighted by Crippen LogP contribution is -2.47. The second kappa shape index (κ2) is 7.98. The number of aryl methyl sites for hydroxylation is 2. The van der Waals surface area contributed by atoms with Gasteiger partial charge in [-0.05, 0) is 64.6 Å². The molecule has 1 saturated heterocycles. The van der Waals surface area contributed by atoms with Crippen molar-refractivity contribution in [2.24, 2.45) is 0 Å². The number of ether oxygens (including phenoxy) is 1. The van der Waals surface area contributed by atoms with Crippen LogP contribution in [-0.4, -0.2) is 28.7 Å². The fourth-order valence-corrected chi connectivity index (χ4v) is 5.97. The molecule has 2 aliphatic rings. The first-order chi connectivity index (χ1) is 13.1. The van der Waals surface area contributed by atoms with Crippen LogP contribution in [0.5, 0.6) is 0 Å². The third-order valence-corrected chi connectivity index (χ3v) is 7.51. The van der Waals surface area contributed by atoms with Gasteiger partial charge in [0.15, 0.2) is 0 Å². The van der Waals surface area contributed by atoms with E-state index >= 15 is 0 Å². The van der Waals surface area contributed by atoms with Gasteiger partial charge in [-0.3, -0.25) is 4.98 Å². The van der Waals surface area contributed by atoms with Gasteiger partial charge in [-0.15, -0.1) is 11.3 Å². The molecule has 2 aromatic heterocycles. The van der Waals surface area contributed by atoms with Crippen molar-refractivity contribution in [2.75, 3.05) is 13.2 Å². The molecule has 2 aromatic rings. The fourth-order valence-electron chi connectivity index (χ4n) is 5.06. The predicted octanol–water partition coefficient (Wildman–Crippen LogP) is 4.70. The van der Waals surface area contributed by atoms with E-state index in [4.69, 9.17) is 9.72 Å². The van der Waals surface area contributed by atoms with E-state index in [-0.39, 0.29) is 11.0 Å². The van der Waals surface area contributed by atoms with Gasteiger partial charge in [0.05, 0.1) is 16.3 Å². The van der Waals surface area contributed by atoms with E-state index in [2.05, 4.69) is 36.3 Å². The second-order valence-electron chi connectivity index (χ2n) is 8.33. The van der Waals surface area contributed by atoms with Gasteiger partial charge < -0.3 is 10.1 Å². The van der Waals surface area contributed by atoms with Crippen molar-refractivity contribution in [3.8, 4) is 0 Å². The number of aromatic nitrogens is 2. The van der Waals surface area contributed by atoms with Crippen LogP contribution in [0.1, 0.15) is 66.2 Å². The molecule has 1 spiro atoms. The highest BCUT2D eigenvalue weighted by atomic mass is 32.1. The molecular weight excluding hydrogens is 354 g/mol. The minimum atomic E-state index is 0.0984. The molecule has 0 bridgehead atoms. The zero-order valence-corrected chi connectivity index (χ0v) is 17.4. The number of nitrogens with zero attached hydrogens (tertiary/aromatic N) is 2. The van der Waals surface area contributed by atoms with Crippen molar-refractivity contribution in [1.29, 1.82) is 0 Å². The van der Waals surface area contributed by atoms with E-state index < -0.39 is 0 Å². The number of hydrogen-bond donors (Lipinski definition) is 1. The van der Waals surface area contributed by atoms with Crippen molar-refractivity contribution in [3.63, 3.8) is 0 Å². The van der Waals surface area contributed by atoms with E-state index in [1.165, 1.54) is 41.9 Å². The number of rotatable bonds is 6. The summed E-state index contributed by atoms with van der Waals surface area (Å²) in [5, 5.41) is 4.83. The summed E-state index contributed by atoms with van der Waals surface area (Å²) in [6, 6.07) is 6.39. The number of pyridine rings is 1. The molecule has 0 radical (unpaired) electrons. The molecule has 27 heavy (non-hydrogen) atoms. The molecule has 1 aliphatic heterocycles. The summed E-state index contributed by atoms with van der Waals surface area (Å²) in [4.78, 5) is 10.7. The van der Waals surface area contributed by atoms with Crippen LogP contribution in [0.3, 0.4) is 0 Å². The van der Waals surface area contributed by atoms with Crippen molar-refractivity contribution < 1.29 is 4.74 Å². The van der Waals surface area contributed by atoms with Crippen LogP contribution in [-0.2, 0) is 16.7 Å². The minimum Gasteiger partial charge on any atom is -0.375 e. The summed E-state index contributed by atoms with van der Waals surface area (Å²) >= 11 is 1.81. The standard InChI is InChI=1S/C22H31N3OS/c1-17-19(27-18(2)25-17)15-23-13-10-21(20-7-3-6-12-24-20)11-14-26-22(16-21)8-4-5-9-22/h3,6-7,12,23H,4-5,8-11,13-16H2,1-2H3/t21-/m1/s1. The maximum absolute atomic E-state index is 6.34. The molecule has 1 aliphatic carbocycles. The van der Waals surface area contributed by atoms with E-state index in [0.717, 1.165) is 44.0 Å². The molecule has 1 N–H and O–H groups in total. The van der Waals surface area contributed by atoms with Gasteiger partial charge in [-0.2, -0.15) is 0 Å². The van der Waals surface area contributed by atoms with Gasteiger partial charge in [0.2, 0.25) is 0 Å². The van der Waals surface area contributed by atoms with E-state index in [1.807, 2.05) is 12.3 Å². The molecule has 1 atom stereocenters. The maximum atomic E-state index is 6.34. The molecule has 0 amide bonds. The lowest BCUT2D eigenvalue weighted by atomic mass is 9.68. The average Bonchev–Trinajstić information content (AvgIpc) is 3.25. The van der Waals surface area contributed by atoms with Gasteiger partial charge in [0, 0.05) is 35.3 Å². The topological polar surface area (TPSA) is 47.0 Å². The van der Waals surface area contributed by atoms with Crippen LogP contribution < -0.4 is 5.32 Å². The highest BCUT2D eigenvalue weighted by Gasteiger charge is 2.48. The van der Waals surface area contributed by atoms with E-state index in [9.17, 15) is 0 Å². The molecule has 5 heteroatoms. The van der Waals surface area contributed by atoms with Crippen LogP contribution in [0.4, 0.5) is 0 Å². The Balaban J connectivity index is 1.46. The van der Waals surface area contributed by atoms with Crippen molar-refractivity contribution in [2.45, 2.75) is 76.4 Å². The lowest BCUT2D eigenvalue weighted by Gasteiger charge is -2.46. The summed E-state index contributed by atoms with van der Waals surface area (Å²) in [5.74, 6) is 0. The summed E-state index contributed by atoms with van der Waals surface area (Å²) < 4.78 is 6.34. The van der Waals surface area contributed by atoms with Gasteiger partial charge in [0.25, 0.3) is 0 Å². The summed E-state index contributed by atoms with van der Waals surface area (Å²) in [5.41, 5.74) is 2.66. The Bertz CT molecular complexity index is 754. The van der Waals surface area contributed by atoms with Crippen LogP contribution in [0.15, 0.2) is 24.4 Å². The van der Waals surface area contributed by atoms with Crippen LogP contribution >= 0.6 is 11.3 Å². The quantitative estimate of drug-likeness (QED) is 0.733. The SMILES string of the molecule is Cc1nc(C)c(CNCC[C@@]2(c3ccccn3)CCOC3(CCCC3)C2)s1. The molecule has 0 unspecified atom stereocenters. The number of thiazole rings is 1. The Morgan fingerprint density at radius 3 is 2.74 bits per heavy atom. The highest BCUT2D eigenvalue weighted by molar-refractivity contribution is 7.11. The Morgan fingerprint density at radius 2 is 2.04 bits per heavy atom. The molecule has 0 aromatic carbocycles. The number of nitrogens with one attached hydrogen (secondary N) is 1. The molecule has 3 heterocycles. The van der Waals surface area contributed by atoms with Crippen LogP contribution in [0, 0.1) is 13.8 Å². The van der Waals surface area contributed by atoms with Crippen molar-refractivity contribution in [3.05, 3.63) is 45.7 Å². The van der Waals surface area contributed by atoms with E-state index in [0.29, 0.717) is 0 Å². The highest BCUT2D eigenvalue weighted by Crippen LogP contribution is 2.49. The molecular formula is C22H31N3OS. The normalized spacial score (nSPS) is 24.5. The zero-order valence-electron chi connectivity index (χ0n) is 16.6. The Kier molecular flexibility index (Phi) is 5.62. The molecule has 2 fully saturated rings. The van der Waals surface area contributed by atoms with E-state index in [1.54, 1.807) is 11.3 Å². The Morgan fingerprint density at radius 1 is 1.19 bits per heavy atom. The summed E-state index contributed by atoms with van der Waals surface area (Å²) in [6.07, 6.45) is 10.3. The molecule has 4 nitrogen and oxygen atoms in total. The first kappa shape index (κ1) is 19.0. The Labute approximate surface area is 166 Å². The Hall–Kier alpha value is -1.30. The smallest absolute Gasteiger partial charge is 0.0900 e. The first-order valence-corrected chi connectivity index (χ1v) is 11.1. The summed E-state index contributed by atoms with van der Waals surface area (Å²) in [6.45, 7) is 6.97. The predicted molar refractivity (Wildman–Crippen MR) is 110 cm³/mol. The third kappa shape index (κ3) is 4.10. The first-order valence-electron chi connectivity index (χ1n) is 10.3. The number of hydrogen-bond acceptors (Lipinski definition) is 5. The van der Waals surface area contributed by atoms with Crippen molar-refractivity contribution >= 4 is 11.3 Å². The second-order valence-corrected chi connectivity index (χ2v) is 9.62. The lowest BCUT2D eigenvalue weighted by molar-refractivity contribution is -0.104. The van der Waals surface area contributed by atoms with Gasteiger partial charge in [-0.25, -0.2) is 4.98 Å². The largest absolute Gasteiger partial charge is 0.375 e. The van der Waals surface area contributed by atoms with Gasteiger partial charge in [0.1, 0.15) is 0 Å². The monoisotopic (exact) mass is 385 g/mol. The molecule has 146 valence electrons.